The number of para-hydroxylation sites is 1. The molecule has 1 saturated heterocycles. The van der Waals surface area contributed by atoms with Gasteiger partial charge in [0.1, 0.15) is 18.5 Å². The quantitative estimate of drug-likeness (QED) is 0.253. The van der Waals surface area contributed by atoms with Crippen LogP contribution in [0.15, 0.2) is 65.6 Å². The van der Waals surface area contributed by atoms with Crippen LogP contribution in [0.1, 0.15) is 67.9 Å². The normalized spacial score (nSPS) is 22.1. The molecule has 2 atom stereocenters. The second-order valence-corrected chi connectivity index (χ2v) is 15.4. The topological polar surface area (TPSA) is 110 Å². The maximum atomic E-state index is 13.0. The lowest BCUT2D eigenvalue weighted by atomic mass is 10.0. The molecule has 10 nitrogen and oxygen atoms in total. The first-order valence-corrected chi connectivity index (χ1v) is 17.9. The SMILES string of the molecule is CC1(C)OCc2cccc([C@@H]3CN(CCc4ccc5c(c4)O[C@H](COCc4cccc(S(=O)(=O)C6CCCC6)c4)CO5)C(=O)O3)c2O1. The Hall–Kier alpha value is -3.80. The molecule has 0 radical (unpaired) electrons. The predicted molar refractivity (Wildman–Crippen MR) is 172 cm³/mol. The Bertz CT molecular complexity index is 1730. The Labute approximate surface area is 275 Å². The van der Waals surface area contributed by atoms with Gasteiger partial charge in [0.2, 0.25) is 5.79 Å². The average Bonchev–Trinajstić information content (AvgIpc) is 3.74. The highest BCUT2D eigenvalue weighted by Gasteiger charge is 2.37. The molecular weight excluding hydrogens is 622 g/mol. The van der Waals surface area contributed by atoms with E-state index in [-0.39, 0.29) is 24.1 Å². The molecule has 0 spiro atoms. The number of carbonyl (C=O) groups excluding carboxylic acids is 1. The largest absolute Gasteiger partial charge is 0.486 e. The maximum absolute atomic E-state index is 13.0. The molecule has 4 aliphatic rings. The molecule has 1 aliphatic carbocycles. The summed E-state index contributed by atoms with van der Waals surface area (Å²) in [5.41, 5.74) is 3.60. The molecule has 0 unspecified atom stereocenters. The van der Waals surface area contributed by atoms with Crippen LogP contribution in [0, 0.1) is 0 Å². The van der Waals surface area contributed by atoms with E-state index in [1.54, 1.807) is 23.1 Å². The zero-order chi connectivity index (χ0) is 32.6. The summed E-state index contributed by atoms with van der Waals surface area (Å²) in [5, 5.41) is -0.282. The van der Waals surface area contributed by atoms with Gasteiger partial charge in [-0.2, -0.15) is 0 Å². The molecule has 0 bridgehead atoms. The summed E-state index contributed by atoms with van der Waals surface area (Å²) in [4.78, 5) is 14.9. The van der Waals surface area contributed by atoms with Crippen molar-refractivity contribution in [3.8, 4) is 17.2 Å². The van der Waals surface area contributed by atoms with Crippen molar-refractivity contribution in [1.29, 1.82) is 0 Å². The Morgan fingerprint density at radius 1 is 0.957 bits per heavy atom. The van der Waals surface area contributed by atoms with Gasteiger partial charge in [-0.3, -0.25) is 0 Å². The second kappa shape index (κ2) is 13.0. The number of amides is 1. The number of fused-ring (bicyclic) bond motifs is 2. The predicted octanol–water partition coefficient (Wildman–Crippen LogP) is 6.14. The van der Waals surface area contributed by atoms with Crippen molar-refractivity contribution >= 4 is 15.9 Å². The summed E-state index contributed by atoms with van der Waals surface area (Å²) in [6.45, 7) is 6.02. The molecule has 0 aromatic heterocycles. The summed E-state index contributed by atoms with van der Waals surface area (Å²) < 4.78 is 61.8. The van der Waals surface area contributed by atoms with E-state index in [4.69, 9.17) is 28.4 Å². The van der Waals surface area contributed by atoms with Crippen molar-refractivity contribution in [2.75, 3.05) is 26.3 Å². The van der Waals surface area contributed by atoms with Gasteiger partial charge >= 0.3 is 6.09 Å². The zero-order valence-electron chi connectivity index (χ0n) is 26.8. The first kappa shape index (κ1) is 31.8. The minimum absolute atomic E-state index is 0.275. The fourth-order valence-corrected chi connectivity index (χ4v) is 8.57. The summed E-state index contributed by atoms with van der Waals surface area (Å²) in [6.07, 6.45) is 2.93. The van der Waals surface area contributed by atoms with Crippen LogP contribution in [0.4, 0.5) is 4.79 Å². The number of ether oxygens (including phenoxy) is 6. The first-order chi connectivity index (χ1) is 22.6. The highest BCUT2D eigenvalue weighted by atomic mass is 32.2. The lowest BCUT2D eigenvalue weighted by Gasteiger charge is -2.34. The monoisotopic (exact) mass is 663 g/mol. The third kappa shape index (κ3) is 6.93. The van der Waals surface area contributed by atoms with Gasteiger partial charge in [0.15, 0.2) is 27.4 Å². The van der Waals surface area contributed by atoms with E-state index in [1.165, 1.54) is 0 Å². The molecule has 11 heteroatoms. The van der Waals surface area contributed by atoms with Gasteiger partial charge in [0.05, 0.1) is 36.5 Å². The first-order valence-electron chi connectivity index (χ1n) is 16.4. The smallest absolute Gasteiger partial charge is 0.410 e. The third-order valence-electron chi connectivity index (χ3n) is 9.22. The average molecular weight is 664 g/mol. The molecule has 7 rings (SSSR count). The summed E-state index contributed by atoms with van der Waals surface area (Å²) in [7, 11) is -3.32. The van der Waals surface area contributed by atoms with E-state index in [0.29, 0.717) is 55.7 Å². The molecule has 250 valence electrons. The van der Waals surface area contributed by atoms with Gasteiger partial charge < -0.3 is 33.3 Å². The number of hydrogen-bond donors (Lipinski definition) is 0. The Kier molecular flexibility index (Phi) is 8.80. The van der Waals surface area contributed by atoms with Crippen molar-refractivity contribution in [2.24, 2.45) is 0 Å². The molecule has 1 saturated carbocycles. The molecule has 0 N–H and O–H groups in total. The molecule has 2 fully saturated rings. The van der Waals surface area contributed by atoms with Gasteiger partial charge in [-0.05, 0) is 54.7 Å². The van der Waals surface area contributed by atoms with Crippen molar-refractivity contribution < 1.29 is 41.6 Å². The Balaban J connectivity index is 0.920. The van der Waals surface area contributed by atoms with E-state index >= 15 is 0 Å². The number of rotatable bonds is 10. The van der Waals surface area contributed by atoms with Crippen LogP contribution in [-0.2, 0) is 43.7 Å². The number of cyclic esters (lactones) is 1. The summed E-state index contributed by atoms with van der Waals surface area (Å²) >= 11 is 0. The highest BCUT2D eigenvalue weighted by Crippen LogP contribution is 2.40. The fraction of sp³-hybridized carbons (Fsp3) is 0.472. The lowest BCUT2D eigenvalue weighted by molar-refractivity contribution is -0.180. The molecule has 47 heavy (non-hydrogen) atoms. The van der Waals surface area contributed by atoms with Crippen LogP contribution in [0.2, 0.25) is 0 Å². The maximum Gasteiger partial charge on any atom is 0.410 e. The van der Waals surface area contributed by atoms with E-state index in [0.717, 1.165) is 53.7 Å². The van der Waals surface area contributed by atoms with E-state index in [2.05, 4.69) is 0 Å². The standard InChI is InChI=1S/C36H41NO9S/c1-36(2)43-21-26-8-6-12-30(34(26)46-36)33-19-37(35(38)45-33)16-15-24-13-14-31-32(18-24)44-27(23-42-31)22-41-20-25-7-5-11-29(17-25)47(39,40)28-9-3-4-10-28/h5-8,11-14,17-18,27-28,33H,3-4,9-10,15-16,19-23H2,1-2H3/t27-,33+/m1/s1. The van der Waals surface area contributed by atoms with E-state index in [9.17, 15) is 13.2 Å². The number of benzene rings is 3. The summed E-state index contributed by atoms with van der Waals surface area (Å²) in [5.74, 6) is 1.28. The van der Waals surface area contributed by atoms with Gasteiger partial charge in [-0.1, -0.05) is 49.2 Å². The van der Waals surface area contributed by atoms with Gasteiger partial charge in [0, 0.05) is 31.5 Å². The van der Waals surface area contributed by atoms with Gasteiger partial charge in [0.25, 0.3) is 0 Å². The van der Waals surface area contributed by atoms with E-state index in [1.807, 2.05) is 56.3 Å². The van der Waals surface area contributed by atoms with Crippen LogP contribution < -0.4 is 14.2 Å². The van der Waals surface area contributed by atoms with Crippen LogP contribution in [0.25, 0.3) is 0 Å². The van der Waals surface area contributed by atoms with Gasteiger partial charge in [-0.25, -0.2) is 13.2 Å². The van der Waals surface area contributed by atoms with Crippen molar-refractivity contribution in [3.63, 3.8) is 0 Å². The summed E-state index contributed by atoms with van der Waals surface area (Å²) in [6, 6.07) is 18.7. The minimum atomic E-state index is -3.32. The van der Waals surface area contributed by atoms with Crippen molar-refractivity contribution in [2.45, 2.75) is 87.3 Å². The second-order valence-electron chi connectivity index (χ2n) is 13.1. The van der Waals surface area contributed by atoms with Crippen LogP contribution >= 0.6 is 0 Å². The Morgan fingerprint density at radius 3 is 2.64 bits per heavy atom. The molecule has 1 amide bonds. The van der Waals surface area contributed by atoms with Gasteiger partial charge in [-0.15, -0.1) is 0 Å². The highest BCUT2D eigenvalue weighted by molar-refractivity contribution is 7.92. The molecule has 3 heterocycles. The molecular formula is C36H41NO9S. The molecule has 3 aromatic carbocycles. The number of nitrogens with zero attached hydrogens (tertiary/aromatic N) is 1. The zero-order valence-corrected chi connectivity index (χ0v) is 27.6. The number of carbonyl (C=O) groups is 1. The van der Waals surface area contributed by atoms with E-state index < -0.39 is 21.7 Å². The molecule has 3 aliphatic heterocycles. The third-order valence-corrected chi connectivity index (χ3v) is 11.5. The van der Waals surface area contributed by atoms with Crippen molar-refractivity contribution in [3.05, 3.63) is 82.9 Å². The van der Waals surface area contributed by atoms with Crippen LogP contribution in [0.3, 0.4) is 0 Å². The Morgan fingerprint density at radius 2 is 1.79 bits per heavy atom. The number of sulfone groups is 1. The lowest BCUT2D eigenvalue weighted by Crippen LogP contribution is -2.36. The molecule has 3 aromatic rings. The van der Waals surface area contributed by atoms with Crippen LogP contribution in [0.5, 0.6) is 17.2 Å². The minimum Gasteiger partial charge on any atom is -0.486 e. The van der Waals surface area contributed by atoms with Crippen molar-refractivity contribution in [1.82, 2.24) is 4.90 Å². The number of hydrogen-bond acceptors (Lipinski definition) is 9. The fourth-order valence-electron chi connectivity index (χ4n) is 6.65. The van der Waals surface area contributed by atoms with Crippen LogP contribution in [-0.4, -0.2) is 62.9 Å².